The van der Waals surface area contributed by atoms with Crippen LogP contribution in [0.4, 0.5) is 4.79 Å². The molecule has 0 aliphatic carbocycles. The van der Waals surface area contributed by atoms with Crippen LogP contribution in [0.3, 0.4) is 0 Å². The Labute approximate surface area is 120 Å². The van der Waals surface area contributed by atoms with Crippen LogP contribution in [0.1, 0.15) is 17.3 Å². The fourth-order valence-corrected chi connectivity index (χ4v) is 1.62. The van der Waals surface area contributed by atoms with Crippen LogP contribution in [0.25, 0.3) is 0 Å². The monoisotopic (exact) mass is 300 g/mol. The van der Waals surface area contributed by atoms with Crippen molar-refractivity contribution in [3.63, 3.8) is 0 Å². The maximum atomic E-state index is 11.5. The van der Waals surface area contributed by atoms with Gasteiger partial charge in [0.25, 0.3) is 5.91 Å². The second-order valence-corrected chi connectivity index (χ2v) is 4.19. The first kappa shape index (κ1) is 15.8. The first-order valence-electron chi connectivity index (χ1n) is 5.48. The van der Waals surface area contributed by atoms with Gasteiger partial charge in [-0.15, -0.1) is 0 Å². The molecular formula is C12H13ClN2O5. The molecule has 0 aliphatic rings. The van der Waals surface area contributed by atoms with Crippen molar-refractivity contribution in [2.24, 2.45) is 5.73 Å². The molecule has 1 rings (SSSR count). The summed E-state index contributed by atoms with van der Waals surface area (Å²) in [6.45, 7) is 1.39. The van der Waals surface area contributed by atoms with Crippen molar-refractivity contribution in [3.05, 3.63) is 22.7 Å². The second-order valence-electron chi connectivity index (χ2n) is 3.76. The number of methoxy groups -OCH3 is 1. The average Bonchev–Trinajstić information content (AvgIpc) is 2.38. The number of ether oxygens (including phenoxy) is 2. The summed E-state index contributed by atoms with van der Waals surface area (Å²) in [5.74, 6) is -0.497. The SMILES string of the molecule is COc1cc(Cl)cc(C=O)c1OC(C)C(=O)NC(N)=O. The molecule has 8 heteroatoms. The van der Waals surface area contributed by atoms with Gasteiger partial charge < -0.3 is 15.2 Å². The Balaban J connectivity index is 3.04. The lowest BCUT2D eigenvalue weighted by Crippen LogP contribution is -2.42. The first-order valence-corrected chi connectivity index (χ1v) is 5.86. The summed E-state index contributed by atoms with van der Waals surface area (Å²) in [6.07, 6.45) is -0.543. The van der Waals surface area contributed by atoms with Crippen LogP contribution in [-0.4, -0.2) is 31.4 Å². The summed E-state index contributed by atoms with van der Waals surface area (Å²) in [5.41, 5.74) is 4.95. The van der Waals surface area contributed by atoms with E-state index in [1.807, 2.05) is 5.32 Å². The smallest absolute Gasteiger partial charge is 0.318 e. The topological polar surface area (TPSA) is 108 Å². The predicted octanol–water partition coefficient (Wildman–Crippen LogP) is 1.12. The molecule has 1 unspecified atom stereocenters. The van der Waals surface area contributed by atoms with Gasteiger partial charge in [0.05, 0.1) is 12.7 Å². The van der Waals surface area contributed by atoms with E-state index in [1.54, 1.807) is 0 Å². The second kappa shape index (κ2) is 6.76. The van der Waals surface area contributed by atoms with E-state index in [2.05, 4.69) is 0 Å². The molecule has 0 fully saturated rings. The molecule has 7 nitrogen and oxygen atoms in total. The summed E-state index contributed by atoms with van der Waals surface area (Å²) >= 11 is 5.81. The quantitative estimate of drug-likeness (QED) is 0.792. The largest absolute Gasteiger partial charge is 0.493 e. The molecule has 3 amide bonds. The van der Waals surface area contributed by atoms with Crippen LogP contribution in [0.5, 0.6) is 11.5 Å². The zero-order valence-electron chi connectivity index (χ0n) is 10.8. The number of hydrogen-bond acceptors (Lipinski definition) is 5. The normalized spacial score (nSPS) is 11.3. The third-order valence-corrected chi connectivity index (χ3v) is 2.52. The van der Waals surface area contributed by atoms with E-state index in [-0.39, 0.29) is 22.1 Å². The van der Waals surface area contributed by atoms with Gasteiger partial charge in [0, 0.05) is 11.1 Å². The average molecular weight is 301 g/mol. The van der Waals surface area contributed by atoms with E-state index < -0.39 is 18.0 Å². The lowest BCUT2D eigenvalue weighted by molar-refractivity contribution is -0.126. The van der Waals surface area contributed by atoms with Gasteiger partial charge in [-0.25, -0.2) is 4.79 Å². The zero-order chi connectivity index (χ0) is 15.3. The number of aldehydes is 1. The molecule has 1 atom stereocenters. The Morgan fingerprint density at radius 1 is 1.45 bits per heavy atom. The van der Waals surface area contributed by atoms with E-state index >= 15 is 0 Å². The molecule has 0 radical (unpaired) electrons. The molecule has 20 heavy (non-hydrogen) atoms. The van der Waals surface area contributed by atoms with Crippen LogP contribution < -0.4 is 20.5 Å². The van der Waals surface area contributed by atoms with E-state index in [1.165, 1.54) is 26.2 Å². The maximum absolute atomic E-state index is 11.5. The van der Waals surface area contributed by atoms with Crippen molar-refractivity contribution in [2.45, 2.75) is 13.0 Å². The number of carbonyl (C=O) groups is 3. The Bertz CT molecular complexity index is 547. The lowest BCUT2D eigenvalue weighted by Gasteiger charge is -2.17. The molecule has 1 aromatic rings. The summed E-state index contributed by atoms with van der Waals surface area (Å²) in [7, 11) is 1.36. The molecule has 0 saturated heterocycles. The standard InChI is InChI=1S/C12H13ClN2O5/c1-6(11(17)15-12(14)18)20-10-7(5-16)3-8(13)4-9(10)19-2/h3-6H,1-2H3,(H3,14,15,17,18). The number of amides is 3. The number of benzene rings is 1. The molecule has 108 valence electrons. The van der Waals surface area contributed by atoms with Crippen LogP contribution in [0, 0.1) is 0 Å². The van der Waals surface area contributed by atoms with Gasteiger partial charge >= 0.3 is 6.03 Å². The predicted molar refractivity (Wildman–Crippen MR) is 71.2 cm³/mol. The Morgan fingerprint density at radius 2 is 2.10 bits per heavy atom. The summed E-state index contributed by atoms with van der Waals surface area (Å²) in [6, 6.07) is 1.80. The number of nitrogens with two attached hydrogens (primary N) is 1. The third-order valence-electron chi connectivity index (χ3n) is 2.31. The van der Waals surface area contributed by atoms with Crippen molar-refractivity contribution < 1.29 is 23.9 Å². The minimum Gasteiger partial charge on any atom is -0.493 e. The van der Waals surface area contributed by atoms with Crippen LogP contribution in [0.2, 0.25) is 5.02 Å². The summed E-state index contributed by atoms with van der Waals surface area (Å²) in [4.78, 5) is 33.1. The Hall–Kier alpha value is -2.28. The van der Waals surface area contributed by atoms with Crippen LogP contribution in [0.15, 0.2) is 12.1 Å². The maximum Gasteiger partial charge on any atom is 0.318 e. The van der Waals surface area contributed by atoms with E-state index in [9.17, 15) is 14.4 Å². The van der Waals surface area contributed by atoms with Gasteiger partial charge in [0.15, 0.2) is 23.9 Å². The highest BCUT2D eigenvalue weighted by molar-refractivity contribution is 6.31. The zero-order valence-corrected chi connectivity index (χ0v) is 11.6. The minimum absolute atomic E-state index is 0.0546. The fraction of sp³-hybridized carbons (Fsp3) is 0.250. The van der Waals surface area contributed by atoms with Crippen molar-refractivity contribution in [1.29, 1.82) is 0 Å². The van der Waals surface area contributed by atoms with Gasteiger partial charge in [0.1, 0.15) is 0 Å². The molecular weight excluding hydrogens is 288 g/mol. The van der Waals surface area contributed by atoms with E-state index in [4.69, 9.17) is 26.8 Å². The first-order chi connectivity index (χ1) is 9.38. The highest BCUT2D eigenvalue weighted by atomic mass is 35.5. The van der Waals surface area contributed by atoms with Gasteiger partial charge in [-0.2, -0.15) is 0 Å². The highest BCUT2D eigenvalue weighted by Gasteiger charge is 2.21. The van der Waals surface area contributed by atoms with E-state index in [0.717, 1.165) is 0 Å². The van der Waals surface area contributed by atoms with Gasteiger partial charge in [-0.05, 0) is 13.0 Å². The Kier molecular flexibility index (Phi) is 5.33. The van der Waals surface area contributed by atoms with Gasteiger partial charge in [0.2, 0.25) is 0 Å². The minimum atomic E-state index is -1.06. The third kappa shape index (κ3) is 3.86. The number of urea groups is 1. The molecule has 1 aromatic carbocycles. The van der Waals surface area contributed by atoms with Gasteiger partial charge in [-0.3, -0.25) is 14.9 Å². The molecule has 0 bridgehead atoms. The number of rotatable bonds is 5. The number of hydrogen-bond donors (Lipinski definition) is 2. The van der Waals surface area contributed by atoms with Crippen molar-refractivity contribution in [3.8, 4) is 11.5 Å². The van der Waals surface area contributed by atoms with E-state index in [0.29, 0.717) is 6.29 Å². The highest BCUT2D eigenvalue weighted by Crippen LogP contribution is 2.34. The lowest BCUT2D eigenvalue weighted by atomic mass is 10.2. The molecule has 0 aliphatic heterocycles. The number of carbonyl (C=O) groups excluding carboxylic acids is 3. The van der Waals surface area contributed by atoms with Crippen molar-refractivity contribution in [1.82, 2.24) is 5.32 Å². The number of imide groups is 1. The van der Waals surface area contributed by atoms with Crippen molar-refractivity contribution >= 4 is 29.8 Å². The number of nitrogens with one attached hydrogen (secondary N) is 1. The Morgan fingerprint density at radius 3 is 2.60 bits per heavy atom. The molecule has 3 N–H and O–H groups in total. The fourth-order valence-electron chi connectivity index (χ4n) is 1.41. The van der Waals surface area contributed by atoms with Crippen LogP contribution in [-0.2, 0) is 4.79 Å². The molecule has 0 saturated carbocycles. The summed E-state index contributed by atoms with van der Waals surface area (Å²) < 4.78 is 10.4. The summed E-state index contributed by atoms with van der Waals surface area (Å²) in [5, 5.41) is 2.15. The number of primary amides is 1. The molecule has 0 heterocycles. The molecule has 0 spiro atoms. The molecule has 0 aromatic heterocycles. The number of halogens is 1. The van der Waals surface area contributed by atoms with Crippen molar-refractivity contribution in [2.75, 3.05) is 7.11 Å². The van der Waals surface area contributed by atoms with Gasteiger partial charge in [-0.1, -0.05) is 11.6 Å². The van der Waals surface area contributed by atoms with Crippen LogP contribution >= 0.6 is 11.6 Å².